The number of aromatic nitrogens is 1. The summed E-state index contributed by atoms with van der Waals surface area (Å²) in [6.45, 7) is 11.1. The summed E-state index contributed by atoms with van der Waals surface area (Å²) in [5, 5.41) is 4.81. The largest absolute Gasteiger partial charge is 0.312 e. The molecule has 0 amide bonds. The minimum atomic E-state index is 0.192. The van der Waals surface area contributed by atoms with E-state index in [9.17, 15) is 0 Å². The van der Waals surface area contributed by atoms with Gasteiger partial charge in [0.1, 0.15) is 0 Å². The van der Waals surface area contributed by atoms with Crippen LogP contribution in [0.15, 0.2) is 0 Å². The molecule has 0 bridgehead atoms. The second kappa shape index (κ2) is 5.07. The van der Waals surface area contributed by atoms with Crippen molar-refractivity contribution in [1.82, 2.24) is 10.3 Å². The first kappa shape index (κ1) is 13.0. The minimum Gasteiger partial charge on any atom is -0.312 e. The monoisotopic (exact) mass is 252 g/mol. The summed E-state index contributed by atoms with van der Waals surface area (Å²) < 4.78 is 0. The molecule has 0 unspecified atom stereocenters. The number of nitrogens with one attached hydrogen (secondary N) is 1. The number of hydrogen-bond donors (Lipinski definition) is 1. The van der Waals surface area contributed by atoms with Gasteiger partial charge >= 0.3 is 0 Å². The Balaban J connectivity index is 2.14. The molecule has 0 saturated heterocycles. The van der Waals surface area contributed by atoms with Gasteiger partial charge in [0.25, 0.3) is 0 Å². The molecule has 1 fully saturated rings. The van der Waals surface area contributed by atoms with Gasteiger partial charge in [-0.05, 0) is 25.8 Å². The number of rotatable bonds is 5. The molecule has 1 saturated carbocycles. The molecule has 0 atom stereocenters. The van der Waals surface area contributed by atoms with E-state index < -0.39 is 0 Å². The molecule has 2 nitrogen and oxygen atoms in total. The molecular formula is C14H24N2S. The van der Waals surface area contributed by atoms with Gasteiger partial charge in [-0.1, -0.05) is 27.7 Å². The van der Waals surface area contributed by atoms with Gasteiger partial charge in [0, 0.05) is 22.8 Å². The quantitative estimate of drug-likeness (QED) is 0.806. The number of nitrogens with zero attached hydrogens (tertiary/aromatic N) is 1. The maximum Gasteiger partial charge on any atom is 0.0985 e. The predicted molar refractivity (Wildman–Crippen MR) is 74.8 cm³/mol. The van der Waals surface area contributed by atoms with E-state index in [4.69, 9.17) is 4.98 Å². The van der Waals surface area contributed by atoms with E-state index in [-0.39, 0.29) is 5.41 Å². The lowest BCUT2D eigenvalue weighted by molar-refractivity contribution is 0.583. The van der Waals surface area contributed by atoms with Gasteiger partial charge in [0.2, 0.25) is 0 Å². The third-order valence-electron chi connectivity index (χ3n) is 3.05. The smallest absolute Gasteiger partial charge is 0.0985 e. The Kier molecular flexibility index (Phi) is 3.88. The highest BCUT2D eigenvalue weighted by atomic mass is 32.1. The van der Waals surface area contributed by atoms with Gasteiger partial charge in [0.05, 0.1) is 10.7 Å². The normalized spacial score (nSPS) is 16.5. The van der Waals surface area contributed by atoms with Crippen molar-refractivity contribution in [2.75, 3.05) is 6.54 Å². The zero-order valence-corrected chi connectivity index (χ0v) is 12.3. The van der Waals surface area contributed by atoms with E-state index in [1.165, 1.54) is 34.8 Å². The van der Waals surface area contributed by atoms with E-state index in [0.29, 0.717) is 0 Å². The van der Waals surface area contributed by atoms with Crippen LogP contribution >= 0.6 is 11.3 Å². The van der Waals surface area contributed by atoms with Gasteiger partial charge in [-0.2, -0.15) is 0 Å². The number of hydrogen-bond acceptors (Lipinski definition) is 3. The van der Waals surface area contributed by atoms with E-state index in [0.717, 1.165) is 19.0 Å². The first-order chi connectivity index (χ1) is 8.02. The lowest BCUT2D eigenvalue weighted by Gasteiger charge is -2.13. The Morgan fingerprint density at radius 3 is 2.59 bits per heavy atom. The molecule has 0 radical (unpaired) electrons. The molecule has 1 aromatic heterocycles. The van der Waals surface area contributed by atoms with Crippen LogP contribution < -0.4 is 5.32 Å². The van der Waals surface area contributed by atoms with Crippen molar-refractivity contribution < 1.29 is 0 Å². The van der Waals surface area contributed by atoms with Crippen LogP contribution in [0.25, 0.3) is 0 Å². The molecular weight excluding hydrogens is 228 g/mol. The van der Waals surface area contributed by atoms with Gasteiger partial charge in [0.15, 0.2) is 0 Å². The number of thiazole rings is 1. The van der Waals surface area contributed by atoms with Crippen molar-refractivity contribution in [3.05, 3.63) is 15.6 Å². The van der Waals surface area contributed by atoms with E-state index in [2.05, 4.69) is 33.0 Å². The fourth-order valence-corrected chi connectivity index (χ4v) is 3.04. The summed E-state index contributed by atoms with van der Waals surface area (Å²) in [4.78, 5) is 6.38. The highest BCUT2D eigenvalue weighted by molar-refractivity contribution is 7.11. The van der Waals surface area contributed by atoms with Crippen LogP contribution in [0.3, 0.4) is 0 Å². The Labute approximate surface area is 109 Å². The third-order valence-corrected chi connectivity index (χ3v) is 4.54. The molecule has 1 aromatic rings. The highest BCUT2D eigenvalue weighted by Crippen LogP contribution is 2.44. The lowest BCUT2D eigenvalue weighted by atomic mass is 9.98. The van der Waals surface area contributed by atoms with Crippen LogP contribution in [0.1, 0.15) is 68.5 Å². The summed E-state index contributed by atoms with van der Waals surface area (Å²) in [7, 11) is 0. The van der Waals surface area contributed by atoms with Crippen molar-refractivity contribution in [3.63, 3.8) is 0 Å². The van der Waals surface area contributed by atoms with Crippen molar-refractivity contribution in [3.8, 4) is 0 Å². The Morgan fingerprint density at radius 1 is 1.35 bits per heavy atom. The first-order valence-electron chi connectivity index (χ1n) is 6.73. The van der Waals surface area contributed by atoms with Crippen LogP contribution in [0.4, 0.5) is 0 Å². The molecule has 0 aromatic carbocycles. The van der Waals surface area contributed by atoms with Crippen molar-refractivity contribution in [2.45, 2.75) is 64.8 Å². The summed E-state index contributed by atoms with van der Waals surface area (Å²) >= 11 is 1.91. The predicted octanol–water partition coefficient (Wildman–Crippen LogP) is 3.82. The molecule has 1 heterocycles. The van der Waals surface area contributed by atoms with Crippen LogP contribution in [-0.2, 0) is 12.0 Å². The van der Waals surface area contributed by atoms with Crippen LogP contribution in [0, 0.1) is 0 Å². The molecule has 0 aliphatic heterocycles. The molecule has 1 N–H and O–H groups in total. The summed E-state index contributed by atoms with van der Waals surface area (Å²) in [5.74, 6) is 0.765. The fraction of sp³-hybridized carbons (Fsp3) is 0.786. The summed E-state index contributed by atoms with van der Waals surface area (Å²) in [6.07, 6.45) is 3.88. The van der Waals surface area contributed by atoms with Gasteiger partial charge < -0.3 is 5.32 Å². The third kappa shape index (κ3) is 3.29. The molecule has 1 aliphatic carbocycles. The van der Waals surface area contributed by atoms with Crippen molar-refractivity contribution in [2.24, 2.45) is 0 Å². The van der Waals surface area contributed by atoms with Gasteiger partial charge in [-0.15, -0.1) is 11.3 Å². The second-order valence-corrected chi connectivity index (χ2v) is 7.11. The van der Waals surface area contributed by atoms with Gasteiger partial charge in [-0.3, -0.25) is 0 Å². The maximum absolute atomic E-state index is 4.90. The first-order valence-corrected chi connectivity index (χ1v) is 7.54. The Bertz CT molecular complexity index is 372. The standard InChI is InChI=1S/C14H24N2S/c1-5-8-15-9-11-12(10-6-7-10)16-13(17-11)14(2,3)4/h10,15H,5-9H2,1-4H3. The topological polar surface area (TPSA) is 24.9 Å². The summed E-state index contributed by atoms with van der Waals surface area (Å²) in [5.41, 5.74) is 1.58. The average Bonchev–Trinajstić information content (AvgIpc) is 2.99. The van der Waals surface area contributed by atoms with Crippen LogP contribution in [0.5, 0.6) is 0 Å². The fourth-order valence-electron chi connectivity index (χ4n) is 1.87. The molecule has 1 aliphatic rings. The maximum atomic E-state index is 4.90. The van der Waals surface area contributed by atoms with Crippen LogP contribution in [0.2, 0.25) is 0 Å². The van der Waals surface area contributed by atoms with Crippen LogP contribution in [-0.4, -0.2) is 11.5 Å². The highest BCUT2D eigenvalue weighted by Gasteiger charge is 2.31. The second-order valence-electron chi connectivity index (χ2n) is 6.03. The van der Waals surface area contributed by atoms with E-state index in [1.807, 2.05) is 11.3 Å². The summed E-state index contributed by atoms with van der Waals surface area (Å²) in [6, 6.07) is 0. The van der Waals surface area contributed by atoms with Crippen molar-refractivity contribution in [1.29, 1.82) is 0 Å². The Hall–Kier alpha value is -0.410. The van der Waals surface area contributed by atoms with Gasteiger partial charge in [-0.25, -0.2) is 4.98 Å². The zero-order chi connectivity index (χ0) is 12.5. The molecule has 2 rings (SSSR count). The lowest BCUT2D eigenvalue weighted by Crippen LogP contribution is -2.13. The molecule has 96 valence electrons. The average molecular weight is 252 g/mol. The minimum absolute atomic E-state index is 0.192. The van der Waals surface area contributed by atoms with Crippen molar-refractivity contribution >= 4 is 11.3 Å². The van der Waals surface area contributed by atoms with E-state index >= 15 is 0 Å². The zero-order valence-electron chi connectivity index (χ0n) is 11.5. The SMILES string of the molecule is CCCNCc1sc(C(C)(C)C)nc1C1CC1. The molecule has 17 heavy (non-hydrogen) atoms. The van der Waals surface area contributed by atoms with E-state index in [1.54, 1.807) is 0 Å². The molecule has 0 spiro atoms. The Morgan fingerprint density at radius 2 is 2.06 bits per heavy atom. The molecule has 3 heteroatoms.